The van der Waals surface area contributed by atoms with Crippen molar-refractivity contribution in [1.82, 2.24) is 9.88 Å². The number of benzene rings is 1. The lowest BCUT2D eigenvalue weighted by Gasteiger charge is -2.31. The molecule has 0 bridgehead atoms. The number of aryl methyl sites for hydroxylation is 3. The van der Waals surface area contributed by atoms with Gasteiger partial charge in [-0.1, -0.05) is 30.3 Å². The first-order valence-corrected chi connectivity index (χ1v) is 11.5. The minimum Gasteiger partial charge on any atom is -0.445 e. The molecule has 1 saturated heterocycles. The van der Waals surface area contributed by atoms with Crippen LogP contribution in [-0.2, 0) is 20.9 Å². The number of aromatic nitrogens is 1. The van der Waals surface area contributed by atoms with Crippen LogP contribution in [0.4, 0.5) is 4.79 Å². The number of amides is 1. The van der Waals surface area contributed by atoms with Gasteiger partial charge in [-0.15, -0.1) is 0 Å². The van der Waals surface area contributed by atoms with Crippen LogP contribution in [0, 0.1) is 26.7 Å². The van der Waals surface area contributed by atoms with Crippen molar-refractivity contribution in [2.24, 2.45) is 5.92 Å². The smallest absolute Gasteiger partial charge is 0.410 e. The molecule has 0 radical (unpaired) electrons. The average molecular weight is 447 g/mol. The quantitative estimate of drug-likeness (QED) is 0.627. The number of Topliss-reactive ketones (excluding diaryl/α,β-unsaturated/α-hetero) is 1. The van der Waals surface area contributed by atoms with Gasteiger partial charge in [0, 0.05) is 30.1 Å². The molecular weight excluding hydrogens is 416 g/mol. The van der Waals surface area contributed by atoms with E-state index in [0.717, 1.165) is 40.9 Å². The van der Waals surface area contributed by atoms with E-state index in [4.69, 9.17) is 4.74 Å². The Balaban J connectivity index is 1.32. The number of hydrogen-bond acceptors (Lipinski definition) is 5. The van der Waals surface area contributed by atoms with Gasteiger partial charge in [-0.3, -0.25) is 14.6 Å². The molecule has 1 amide bonds. The Morgan fingerprint density at radius 2 is 1.79 bits per heavy atom. The summed E-state index contributed by atoms with van der Waals surface area (Å²) < 4.78 is 5.43. The lowest BCUT2D eigenvalue weighted by molar-refractivity contribution is -0.123. The maximum Gasteiger partial charge on any atom is 0.410 e. The molecule has 2 heterocycles. The third-order valence-electron chi connectivity index (χ3n) is 6.64. The average Bonchev–Trinajstić information content (AvgIpc) is 3.06. The molecule has 0 spiro atoms. The van der Waals surface area contributed by atoms with E-state index in [1.165, 1.54) is 6.08 Å². The molecule has 6 heteroatoms. The summed E-state index contributed by atoms with van der Waals surface area (Å²) in [6, 6.07) is 11.5. The zero-order valence-corrected chi connectivity index (χ0v) is 19.5. The number of ketones is 2. The molecule has 4 rings (SSSR count). The van der Waals surface area contributed by atoms with Crippen LogP contribution in [0.2, 0.25) is 0 Å². The summed E-state index contributed by atoms with van der Waals surface area (Å²) in [7, 11) is 0. The van der Waals surface area contributed by atoms with Crippen molar-refractivity contribution >= 4 is 17.7 Å². The van der Waals surface area contributed by atoms with Crippen LogP contribution in [0.1, 0.15) is 53.3 Å². The van der Waals surface area contributed by atoms with Crippen LogP contribution >= 0.6 is 0 Å². The predicted molar refractivity (Wildman–Crippen MR) is 125 cm³/mol. The number of nitrogens with zero attached hydrogens (tertiary/aromatic N) is 2. The second kappa shape index (κ2) is 9.69. The molecular formula is C27H30N2O4. The van der Waals surface area contributed by atoms with Crippen molar-refractivity contribution in [3.8, 4) is 0 Å². The molecule has 6 nitrogen and oxygen atoms in total. The topological polar surface area (TPSA) is 76.6 Å². The molecule has 0 saturated carbocycles. The van der Waals surface area contributed by atoms with E-state index in [-0.39, 0.29) is 30.2 Å². The van der Waals surface area contributed by atoms with Gasteiger partial charge in [0.2, 0.25) is 0 Å². The fourth-order valence-electron chi connectivity index (χ4n) is 4.98. The summed E-state index contributed by atoms with van der Waals surface area (Å²) in [6.07, 6.45) is 3.38. The molecule has 2 aromatic rings. The molecule has 1 aliphatic carbocycles. The van der Waals surface area contributed by atoms with Crippen LogP contribution in [0.15, 0.2) is 48.0 Å². The van der Waals surface area contributed by atoms with Gasteiger partial charge in [-0.05, 0) is 74.8 Å². The number of rotatable bonds is 5. The van der Waals surface area contributed by atoms with Gasteiger partial charge in [0.1, 0.15) is 12.5 Å². The maximum atomic E-state index is 13.2. The number of hydrogen-bond donors (Lipinski definition) is 0. The largest absolute Gasteiger partial charge is 0.445 e. The zero-order chi connectivity index (χ0) is 23.5. The van der Waals surface area contributed by atoms with E-state index in [1.54, 1.807) is 4.90 Å². The summed E-state index contributed by atoms with van der Waals surface area (Å²) in [4.78, 5) is 44.5. The normalized spacial score (nSPS) is 19.1. The Labute approximate surface area is 194 Å². The van der Waals surface area contributed by atoms with Crippen LogP contribution in [0.5, 0.6) is 0 Å². The Kier molecular flexibility index (Phi) is 6.72. The molecule has 1 aliphatic heterocycles. The minimum atomic E-state index is -0.763. The highest BCUT2D eigenvalue weighted by atomic mass is 16.6. The lowest BCUT2D eigenvalue weighted by atomic mass is 9.85. The van der Waals surface area contributed by atoms with Crippen molar-refractivity contribution in [3.63, 3.8) is 0 Å². The number of likely N-dealkylation sites (tertiary alicyclic amines) is 1. The lowest BCUT2D eigenvalue weighted by Crippen LogP contribution is -2.39. The molecule has 2 aliphatic rings. The molecule has 33 heavy (non-hydrogen) atoms. The van der Waals surface area contributed by atoms with E-state index in [2.05, 4.69) is 4.98 Å². The third kappa shape index (κ3) is 5.05. The van der Waals surface area contributed by atoms with Crippen LogP contribution in [0.3, 0.4) is 0 Å². The second-order valence-corrected chi connectivity index (χ2v) is 9.12. The molecule has 1 fully saturated rings. The van der Waals surface area contributed by atoms with E-state index >= 15 is 0 Å². The zero-order valence-electron chi connectivity index (χ0n) is 19.5. The Morgan fingerprint density at radius 3 is 2.45 bits per heavy atom. The van der Waals surface area contributed by atoms with Crippen molar-refractivity contribution < 1.29 is 19.1 Å². The number of carbonyl (C=O) groups is 3. The number of piperidine rings is 1. The Morgan fingerprint density at radius 1 is 1.09 bits per heavy atom. The summed E-state index contributed by atoms with van der Waals surface area (Å²) in [6.45, 7) is 7.16. The third-order valence-corrected chi connectivity index (χ3v) is 6.64. The number of ether oxygens (including phenoxy) is 1. The predicted octanol–water partition coefficient (Wildman–Crippen LogP) is 4.61. The molecule has 1 aromatic heterocycles. The highest BCUT2D eigenvalue weighted by Gasteiger charge is 2.39. The first-order chi connectivity index (χ1) is 15.8. The van der Waals surface area contributed by atoms with E-state index in [1.807, 2.05) is 57.2 Å². The van der Waals surface area contributed by atoms with E-state index in [0.29, 0.717) is 25.1 Å². The monoisotopic (exact) mass is 446 g/mol. The van der Waals surface area contributed by atoms with Crippen LogP contribution in [-0.4, -0.2) is 40.6 Å². The summed E-state index contributed by atoms with van der Waals surface area (Å²) in [5.74, 6) is -0.736. The van der Waals surface area contributed by atoms with Gasteiger partial charge in [0.05, 0.1) is 0 Å². The minimum absolute atomic E-state index is 0.0958. The van der Waals surface area contributed by atoms with Crippen molar-refractivity contribution in [3.05, 3.63) is 76.1 Å². The van der Waals surface area contributed by atoms with Crippen molar-refractivity contribution in [1.29, 1.82) is 0 Å². The molecule has 1 atom stereocenters. The van der Waals surface area contributed by atoms with Gasteiger partial charge in [-0.2, -0.15) is 0 Å². The summed E-state index contributed by atoms with van der Waals surface area (Å²) in [5, 5.41) is 0. The van der Waals surface area contributed by atoms with E-state index in [9.17, 15) is 14.4 Å². The first kappa shape index (κ1) is 22.9. The standard InChI is InChI=1S/C27H30N2O4/c1-17-13-18(2)28-19(3)24(17)25-23(30)15-22(26(25)31)14-20-9-11-29(12-10-20)27(32)33-16-21-7-5-4-6-8-21/h4-8,13,15,20,25H,9-12,14,16H2,1-3H3. The number of pyridine rings is 1. The molecule has 172 valence electrons. The van der Waals surface area contributed by atoms with Crippen LogP contribution < -0.4 is 0 Å². The highest BCUT2D eigenvalue weighted by Crippen LogP contribution is 2.36. The van der Waals surface area contributed by atoms with Gasteiger partial charge in [0.15, 0.2) is 11.6 Å². The molecule has 1 aromatic carbocycles. The highest BCUT2D eigenvalue weighted by molar-refractivity contribution is 6.25. The summed E-state index contributed by atoms with van der Waals surface area (Å²) in [5.41, 5.74) is 4.88. The Hall–Kier alpha value is -3.28. The van der Waals surface area contributed by atoms with Gasteiger partial charge >= 0.3 is 6.09 Å². The fourth-order valence-corrected chi connectivity index (χ4v) is 4.98. The van der Waals surface area contributed by atoms with Crippen molar-refractivity contribution in [2.75, 3.05) is 13.1 Å². The first-order valence-electron chi connectivity index (χ1n) is 11.5. The van der Waals surface area contributed by atoms with Gasteiger partial charge < -0.3 is 9.64 Å². The SMILES string of the molecule is Cc1cc(C)c(C2C(=O)C=C(CC3CCN(C(=O)OCc4ccccc4)CC3)C2=O)c(C)n1. The second-order valence-electron chi connectivity index (χ2n) is 9.12. The van der Waals surface area contributed by atoms with Gasteiger partial charge in [-0.25, -0.2) is 4.79 Å². The fraction of sp³-hybridized carbons (Fsp3) is 0.407. The van der Waals surface area contributed by atoms with Gasteiger partial charge in [0.25, 0.3) is 0 Å². The van der Waals surface area contributed by atoms with E-state index < -0.39 is 5.92 Å². The van der Waals surface area contributed by atoms with Crippen molar-refractivity contribution in [2.45, 2.75) is 52.6 Å². The number of allylic oxidation sites excluding steroid dienone is 2. The molecule has 1 unspecified atom stereocenters. The molecule has 0 N–H and O–H groups in total. The maximum absolute atomic E-state index is 13.2. The van der Waals surface area contributed by atoms with Crippen LogP contribution in [0.25, 0.3) is 0 Å². The number of carbonyl (C=O) groups excluding carboxylic acids is 3. The Bertz CT molecular complexity index is 1080. The summed E-state index contributed by atoms with van der Waals surface area (Å²) >= 11 is 0.